The van der Waals surface area contributed by atoms with Gasteiger partial charge >= 0.3 is 0 Å². The molecule has 0 aliphatic heterocycles. The van der Waals surface area contributed by atoms with Crippen molar-refractivity contribution in [1.82, 2.24) is 25.1 Å². The number of rotatable bonds is 7. The van der Waals surface area contributed by atoms with Gasteiger partial charge in [-0.1, -0.05) is 50.6 Å². The van der Waals surface area contributed by atoms with Crippen LogP contribution in [-0.2, 0) is 4.79 Å². The lowest BCUT2D eigenvalue weighted by Crippen LogP contribution is -2.17. The quantitative estimate of drug-likeness (QED) is 0.200. The molecule has 0 fully saturated rings. The molecule has 5 rings (SSSR count). The number of pyridine rings is 2. The molecule has 0 saturated carbocycles. The third kappa shape index (κ3) is 4.87. The first-order valence-electron chi connectivity index (χ1n) is 12.9. The summed E-state index contributed by atoms with van der Waals surface area (Å²) in [7, 11) is 0. The summed E-state index contributed by atoms with van der Waals surface area (Å²) in [6.45, 7) is 10.1. The van der Waals surface area contributed by atoms with E-state index in [4.69, 9.17) is 0 Å². The number of aromatic amines is 2. The Balaban J connectivity index is 1.56. The number of carbonyl (C=O) groups excluding carboxylic acids is 1. The van der Waals surface area contributed by atoms with Gasteiger partial charge in [-0.3, -0.25) is 14.9 Å². The van der Waals surface area contributed by atoms with E-state index in [0.29, 0.717) is 11.3 Å². The number of H-pyrrole nitrogens is 2. The van der Waals surface area contributed by atoms with Crippen LogP contribution in [0.4, 0.5) is 5.69 Å². The number of anilines is 1. The second-order valence-corrected chi connectivity index (χ2v) is 9.81. The third-order valence-electron chi connectivity index (χ3n) is 6.79. The van der Waals surface area contributed by atoms with Crippen LogP contribution in [0.3, 0.4) is 0 Å². The van der Waals surface area contributed by atoms with E-state index >= 15 is 0 Å². The number of allylic oxidation sites excluding steroid dienone is 4. The minimum atomic E-state index is -0.113. The van der Waals surface area contributed by atoms with E-state index in [1.165, 1.54) is 22.1 Å². The van der Waals surface area contributed by atoms with Gasteiger partial charge in [0.05, 0.1) is 23.3 Å². The number of hydrogen-bond donors (Lipinski definition) is 3. The van der Waals surface area contributed by atoms with Gasteiger partial charge in [-0.05, 0) is 55.7 Å². The second kappa shape index (κ2) is 10.5. The highest BCUT2D eigenvalue weighted by atomic mass is 16.1. The Hall–Kier alpha value is -4.52. The van der Waals surface area contributed by atoms with Crippen LogP contribution in [0.5, 0.6) is 0 Å². The lowest BCUT2D eigenvalue weighted by Gasteiger charge is -2.09. The van der Waals surface area contributed by atoms with Crippen LogP contribution in [0.25, 0.3) is 50.0 Å². The summed E-state index contributed by atoms with van der Waals surface area (Å²) in [6.07, 6.45) is 10.5. The van der Waals surface area contributed by atoms with Gasteiger partial charge in [0.25, 0.3) is 0 Å². The molecule has 1 amide bonds. The van der Waals surface area contributed by atoms with Crippen molar-refractivity contribution in [3.8, 4) is 22.5 Å². The summed E-state index contributed by atoms with van der Waals surface area (Å²) in [4.78, 5) is 24.7. The molecule has 0 saturated heterocycles. The smallest absolute Gasteiger partial charge is 0.226 e. The molecule has 4 aromatic heterocycles. The highest BCUT2D eigenvalue weighted by Crippen LogP contribution is 2.34. The highest BCUT2D eigenvalue weighted by Gasteiger charge is 2.16. The molecule has 0 spiro atoms. The molecule has 4 heterocycles. The van der Waals surface area contributed by atoms with E-state index in [2.05, 4.69) is 93.7 Å². The monoisotopic (exact) mass is 504 g/mol. The molecule has 0 atom stereocenters. The van der Waals surface area contributed by atoms with Crippen LogP contribution in [0.15, 0.2) is 72.7 Å². The Kier molecular flexibility index (Phi) is 6.92. The molecular weight excluding hydrogens is 472 g/mol. The summed E-state index contributed by atoms with van der Waals surface area (Å²) in [5.41, 5.74) is 9.71. The van der Waals surface area contributed by atoms with E-state index in [1.807, 2.05) is 19.9 Å². The fourth-order valence-electron chi connectivity index (χ4n) is 4.51. The van der Waals surface area contributed by atoms with Crippen LogP contribution >= 0.6 is 0 Å². The van der Waals surface area contributed by atoms with Gasteiger partial charge in [-0.15, -0.1) is 0 Å². The predicted molar refractivity (Wildman–Crippen MR) is 156 cm³/mol. The van der Waals surface area contributed by atoms with Crippen molar-refractivity contribution < 1.29 is 4.79 Å². The molecule has 3 N–H and O–H groups in total. The zero-order chi connectivity index (χ0) is 26.8. The highest BCUT2D eigenvalue weighted by molar-refractivity contribution is 6.00. The van der Waals surface area contributed by atoms with Crippen LogP contribution in [0, 0.1) is 5.92 Å². The molecule has 7 heteroatoms. The third-order valence-corrected chi connectivity index (χ3v) is 6.79. The van der Waals surface area contributed by atoms with Crippen molar-refractivity contribution in [3.63, 3.8) is 0 Å². The van der Waals surface area contributed by atoms with Gasteiger partial charge in [-0.25, -0.2) is 4.98 Å². The van der Waals surface area contributed by atoms with Crippen LogP contribution in [0.1, 0.15) is 46.6 Å². The number of nitrogens with zero attached hydrogens (tertiary/aromatic N) is 3. The molecule has 38 heavy (non-hydrogen) atoms. The zero-order valence-corrected chi connectivity index (χ0v) is 22.4. The van der Waals surface area contributed by atoms with E-state index in [-0.39, 0.29) is 11.8 Å². The molecule has 0 bridgehead atoms. The maximum absolute atomic E-state index is 12.2. The molecule has 0 unspecified atom stereocenters. The van der Waals surface area contributed by atoms with Gasteiger partial charge in [0.1, 0.15) is 0 Å². The van der Waals surface area contributed by atoms with E-state index in [0.717, 1.165) is 39.8 Å². The number of fused-ring (bicyclic) bond motifs is 2. The molecule has 1 aromatic carbocycles. The van der Waals surface area contributed by atoms with Crippen LogP contribution in [0.2, 0.25) is 0 Å². The van der Waals surface area contributed by atoms with Crippen molar-refractivity contribution >= 4 is 39.1 Å². The lowest BCUT2D eigenvalue weighted by molar-refractivity contribution is -0.118. The summed E-state index contributed by atoms with van der Waals surface area (Å²) < 4.78 is 0. The Morgan fingerprint density at radius 3 is 2.66 bits per heavy atom. The van der Waals surface area contributed by atoms with Gasteiger partial charge < -0.3 is 10.3 Å². The van der Waals surface area contributed by atoms with E-state index < -0.39 is 0 Å². The Morgan fingerprint density at radius 2 is 1.89 bits per heavy atom. The van der Waals surface area contributed by atoms with Crippen molar-refractivity contribution in [2.75, 3.05) is 5.32 Å². The summed E-state index contributed by atoms with van der Waals surface area (Å²) in [5.74, 6) is -0.159. The SMILES string of the molecule is C/C=C(C)\C=C(/CC)c1cccc2[nH]c(-c3[nH]nc4ncc(-c5cncc(NC(=O)C(C)C)c5)cc34)cc12. The van der Waals surface area contributed by atoms with Crippen LogP contribution in [-0.4, -0.2) is 31.1 Å². The van der Waals surface area contributed by atoms with Crippen molar-refractivity contribution in [1.29, 1.82) is 0 Å². The molecule has 7 nitrogen and oxygen atoms in total. The Labute approximate surface area is 222 Å². The van der Waals surface area contributed by atoms with E-state index in [1.54, 1.807) is 18.6 Å². The fraction of sp³-hybridized carbons (Fsp3) is 0.226. The maximum Gasteiger partial charge on any atom is 0.226 e. The Bertz CT molecular complexity index is 1700. The number of benzene rings is 1. The average Bonchev–Trinajstić information content (AvgIpc) is 3.55. The Morgan fingerprint density at radius 1 is 1.08 bits per heavy atom. The van der Waals surface area contributed by atoms with Gasteiger partial charge in [-0.2, -0.15) is 5.10 Å². The van der Waals surface area contributed by atoms with E-state index in [9.17, 15) is 4.79 Å². The molecular formula is C31H32N6O. The minimum absolute atomic E-state index is 0.0465. The zero-order valence-electron chi connectivity index (χ0n) is 22.4. The lowest BCUT2D eigenvalue weighted by atomic mass is 9.97. The summed E-state index contributed by atoms with van der Waals surface area (Å²) in [5, 5.41) is 12.6. The van der Waals surface area contributed by atoms with Crippen molar-refractivity contribution in [2.24, 2.45) is 5.92 Å². The van der Waals surface area contributed by atoms with Gasteiger partial charge in [0.2, 0.25) is 5.91 Å². The topological polar surface area (TPSA) is 99.3 Å². The first-order valence-corrected chi connectivity index (χ1v) is 12.9. The van der Waals surface area contributed by atoms with Gasteiger partial charge in [0.15, 0.2) is 5.65 Å². The first kappa shape index (κ1) is 25.1. The largest absolute Gasteiger partial charge is 0.353 e. The molecule has 5 aromatic rings. The number of carbonyl (C=O) groups is 1. The molecule has 192 valence electrons. The fourth-order valence-corrected chi connectivity index (χ4v) is 4.51. The van der Waals surface area contributed by atoms with Crippen molar-refractivity contribution in [3.05, 3.63) is 78.3 Å². The normalized spacial score (nSPS) is 12.6. The number of hydrogen-bond acceptors (Lipinski definition) is 4. The first-order chi connectivity index (χ1) is 18.4. The van der Waals surface area contributed by atoms with Crippen molar-refractivity contribution in [2.45, 2.75) is 41.0 Å². The van der Waals surface area contributed by atoms with Gasteiger partial charge in [0, 0.05) is 45.7 Å². The summed E-state index contributed by atoms with van der Waals surface area (Å²) in [6, 6.07) is 12.5. The van der Waals surface area contributed by atoms with Crippen LogP contribution < -0.4 is 5.32 Å². The standard InChI is InChI=1S/C31H32N6O/c1-6-19(5)11-20(7-2)24-9-8-10-27-25(24)14-28(35-27)29-26-13-22(16-33-30(26)37-36-29)21-12-23(17-32-15-21)34-31(38)18(3)4/h6,8-18,35H,7H2,1-5H3,(H,34,38)(H,33,36,37)/b19-6-,20-11+. The molecule has 0 aliphatic rings. The number of aromatic nitrogens is 5. The maximum atomic E-state index is 12.2. The predicted octanol–water partition coefficient (Wildman–Crippen LogP) is 7.52. The number of nitrogens with one attached hydrogen (secondary N) is 3. The average molecular weight is 505 g/mol. The number of amides is 1. The second-order valence-electron chi connectivity index (χ2n) is 9.81. The molecule has 0 radical (unpaired) electrons. The molecule has 0 aliphatic carbocycles. The summed E-state index contributed by atoms with van der Waals surface area (Å²) >= 11 is 0. The minimum Gasteiger partial charge on any atom is -0.353 e.